The topological polar surface area (TPSA) is 54.2 Å². The molecule has 2 aromatic heterocycles. The van der Waals surface area contributed by atoms with Gasteiger partial charge in [0.05, 0.1) is 16.5 Å². The first-order valence-electron chi connectivity index (χ1n) is 8.93. The Hall–Kier alpha value is -2.16. The third kappa shape index (κ3) is 3.47. The number of thiocarbonyl (C=S) groups is 1. The Morgan fingerprint density at radius 3 is 2.71 bits per heavy atom. The molecule has 144 valence electrons. The molecule has 1 aromatic carbocycles. The van der Waals surface area contributed by atoms with E-state index in [-0.39, 0.29) is 6.04 Å². The van der Waals surface area contributed by atoms with Crippen LogP contribution >= 0.6 is 35.3 Å². The zero-order valence-electron chi connectivity index (χ0n) is 15.8. The number of hydrogen-bond acceptors (Lipinski definition) is 6. The van der Waals surface area contributed by atoms with Gasteiger partial charge in [0.25, 0.3) is 5.89 Å². The van der Waals surface area contributed by atoms with E-state index in [1.807, 2.05) is 17.5 Å². The lowest BCUT2D eigenvalue weighted by atomic mass is 9.95. The van der Waals surface area contributed by atoms with Crippen LogP contribution in [0.2, 0.25) is 0 Å². The van der Waals surface area contributed by atoms with Crippen molar-refractivity contribution in [1.82, 2.24) is 20.4 Å². The van der Waals surface area contributed by atoms with Gasteiger partial charge in [0, 0.05) is 17.1 Å². The highest BCUT2D eigenvalue weighted by atomic mass is 32.2. The number of nitrogens with zero attached hydrogens (tertiary/aromatic N) is 3. The zero-order valence-corrected chi connectivity index (χ0v) is 18.3. The SMILES string of the molecule is CCN1C(=S)NC(c2ccc(SC)cc2)C(c2nc(-c3cccs3)no2)=C1C. The minimum absolute atomic E-state index is 0.136. The van der Waals surface area contributed by atoms with E-state index in [2.05, 4.69) is 59.7 Å². The fourth-order valence-electron chi connectivity index (χ4n) is 3.32. The minimum Gasteiger partial charge on any atom is -0.351 e. The lowest BCUT2D eigenvalue weighted by Gasteiger charge is -2.36. The number of nitrogens with one attached hydrogen (secondary N) is 1. The molecule has 0 bridgehead atoms. The third-order valence-corrected chi connectivity index (χ3v) is 6.71. The van der Waals surface area contributed by atoms with Crippen LogP contribution in [0.15, 0.2) is 56.9 Å². The number of thiophene rings is 1. The smallest absolute Gasteiger partial charge is 0.258 e. The van der Waals surface area contributed by atoms with Gasteiger partial charge in [0.2, 0.25) is 5.82 Å². The maximum atomic E-state index is 5.70. The second-order valence-corrected chi connectivity index (χ2v) is 8.51. The molecule has 1 atom stereocenters. The Morgan fingerprint density at radius 1 is 1.29 bits per heavy atom. The van der Waals surface area contributed by atoms with Crippen LogP contribution < -0.4 is 5.32 Å². The Bertz CT molecular complexity index is 1010. The number of thioether (sulfide) groups is 1. The molecule has 0 spiro atoms. The van der Waals surface area contributed by atoms with Crippen molar-refractivity contribution in [3.05, 3.63) is 58.9 Å². The second-order valence-electron chi connectivity index (χ2n) is 6.30. The predicted octanol–water partition coefficient (Wildman–Crippen LogP) is 5.20. The molecule has 3 aromatic rings. The van der Waals surface area contributed by atoms with Gasteiger partial charge in [-0.05, 0) is 61.5 Å². The Balaban J connectivity index is 1.80. The summed E-state index contributed by atoms with van der Waals surface area (Å²) in [5.74, 6) is 1.13. The third-order valence-electron chi connectivity index (χ3n) is 4.76. The molecule has 5 nitrogen and oxygen atoms in total. The van der Waals surface area contributed by atoms with Crippen LogP contribution in [0, 0.1) is 0 Å². The van der Waals surface area contributed by atoms with Crippen molar-refractivity contribution in [2.45, 2.75) is 24.8 Å². The van der Waals surface area contributed by atoms with Crippen molar-refractivity contribution < 1.29 is 4.52 Å². The van der Waals surface area contributed by atoms with Gasteiger partial charge in [-0.15, -0.1) is 23.1 Å². The summed E-state index contributed by atoms with van der Waals surface area (Å²) in [6.45, 7) is 4.91. The quantitative estimate of drug-likeness (QED) is 0.443. The Morgan fingerprint density at radius 2 is 2.07 bits per heavy atom. The van der Waals surface area contributed by atoms with Crippen molar-refractivity contribution in [2.75, 3.05) is 12.8 Å². The highest BCUT2D eigenvalue weighted by molar-refractivity contribution is 7.98. The summed E-state index contributed by atoms with van der Waals surface area (Å²) >= 11 is 8.93. The largest absolute Gasteiger partial charge is 0.351 e. The number of aromatic nitrogens is 2. The Labute approximate surface area is 177 Å². The van der Waals surface area contributed by atoms with Crippen molar-refractivity contribution in [3.63, 3.8) is 0 Å². The van der Waals surface area contributed by atoms with E-state index in [1.54, 1.807) is 23.1 Å². The van der Waals surface area contributed by atoms with E-state index in [4.69, 9.17) is 21.7 Å². The molecule has 1 aliphatic rings. The van der Waals surface area contributed by atoms with Gasteiger partial charge in [-0.2, -0.15) is 4.98 Å². The van der Waals surface area contributed by atoms with Gasteiger partial charge < -0.3 is 14.7 Å². The molecule has 0 fully saturated rings. The fourth-order valence-corrected chi connectivity index (χ4v) is 4.77. The molecule has 3 heterocycles. The summed E-state index contributed by atoms with van der Waals surface area (Å²) in [6.07, 6.45) is 2.07. The van der Waals surface area contributed by atoms with E-state index in [0.29, 0.717) is 16.8 Å². The second kappa shape index (κ2) is 8.06. The maximum absolute atomic E-state index is 5.70. The molecule has 0 saturated carbocycles. The van der Waals surface area contributed by atoms with Crippen molar-refractivity contribution in [3.8, 4) is 10.7 Å². The number of allylic oxidation sites excluding steroid dienone is 1. The number of benzene rings is 1. The van der Waals surface area contributed by atoms with Crippen LogP contribution in [0.5, 0.6) is 0 Å². The first-order valence-corrected chi connectivity index (χ1v) is 11.4. The summed E-state index contributed by atoms with van der Waals surface area (Å²) in [5, 5.41) is 10.4. The summed E-state index contributed by atoms with van der Waals surface area (Å²) in [4.78, 5) is 8.96. The predicted molar refractivity (Wildman–Crippen MR) is 119 cm³/mol. The first-order chi connectivity index (χ1) is 13.6. The monoisotopic (exact) mass is 428 g/mol. The molecule has 1 aliphatic heterocycles. The van der Waals surface area contributed by atoms with Gasteiger partial charge in [0.15, 0.2) is 5.11 Å². The van der Waals surface area contributed by atoms with E-state index >= 15 is 0 Å². The highest BCUT2D eigenvalue weighted by Crippen LogP contribution is 2.38. The number of rotatable bonds is 5. The summed E-state index contributed by atoms with van der Waals surface area (Å²) in [5.41, 5.74) is 3.11. The van der Waals surface area contributed by atoms with Crippen LogP contribution in [0.4, 0.5) is 0 Å². The van der Waals surface area contributed by atoms with Crippen molar-refractivity contribution in [1.29, 1.82) is 0 Å². The van der Waals surface area contributed by atoms with Crippen molar-refractivity contribution in [2.24, 2.45) is 0 Å². The van der Waals surface area contributed by atoms with E-state index < -0.39 is 0 Å². The molecule has 28 heavy (non-hydrogen) atoms. The summed E-state index contributed by atoms with van der Waals surface area (Å²) < 4.78 is 5.70. The van der Waals surface area contributed by atoms with Crippen LogP contribution in [0.1, 0.15) is 31.3 Å². The van der Waals surface area contributed by atoms with E-state index in [0.717, 1.165) is 28.3 Å². The molecule has 0 amide bonds. The van der Waals surface area contributed by atoms with Crippen LogP contribution in [-0.4, -0.2) is 33.0 Å². The lowest BCUT2D eigenvalue weighted by Crippen LogP contribution is -2.45. The molecular weight excluding hydrogens is 408 g/mol. The van der Waals surface area contributed by atoms with Gasteiger partial charge in [-0.25, -0.2) is 0 Å². The molecule has 1 unspecified atom stereocenters. The lowest BCUT2D eigenvalue weighted by molar-refractivity contribution is 0.398. The van der Waals surface area contributed by atoms with E-state index in [1.165, 1.54) is 4.90 Å². The molecular formula is C20H20N4OS3. The van der Waals surface area contributed by atoms with Gasteiger partial charge >= 0.3 is 0 Å². The summed E-state index contributed by atoms with van der Waals surface area (Å²) in [6, 6.07) is 12.3. The normalized spacial score (nSPS) is 17.2. The first kappa shape index (κ1) is 19.2. The highest BCUT2D eigenvalue weighted by Gasteiger charge is 2.33. The van der Waals surface area contributed by atoms with Gasteiger partial charge in [-0.3, -0.25) is 0 Å². The van der Waals surface area contributed by atoms with E-state index in [9.17, 15) is 0 Å². The van der Waals surface area contributed by atoms with Crippen LogP contribution in [0.25, 0.3) is 16.3 Å². The average molecular weight is 429 g/mol. The maximum Gasteiger partial charge on any atom is 0.258 e. The van der Waals surface area contributed by atoms with Crippen molar-refractivity contribution >= 4 is 46.0 Å². The fraction of sp³-hybridized carbons (Fsp3) is 0.250. The average Bonchev–Trinajstić information content (AvgIpc) is 3.40. The zero-order chi connectivity index (χ0) is 19.7. The minimum atomic E-state index is -0.136. The van der Waals surface area contributed by atoms with Crippen LogP contribution in [0.3, 0.4) is 0 Å². The molecule has 4 rings (SSSR count). The molecule has 0 aliphatic carbocycles. The summed E-state index contributed by atoms with van der Waals surface area (Å²) in [7, 11) is 0. The molecule has 0 saturated heterocycles. The van der Waals surface area contributed by atoms with Crippen LogP contribution in [-0.2, 0) is 0 Å². The molecule has 1 N–H and O–H groups in total. The Kier molecular flexibility index (Phi) is 5.52. The van der Waals surface area contributed by atoms with Gasteiger partial charge in [-0.1, -0.05) is 23.4 Å². The molecule has 0 radical (unpaired) electrons. The van der Waals surface area contributed by atoms with Gasteiger partial charge in [0.1, 0.15) is 0 Å². The number of hydrogen-bond donors (Lipinski definition) is 1. The standard InChI is InChI=1S/C20H20N4OS3/c1-4-24-12(2)16(19-22-18(23-25-19)15-6-5-11-28-15)17(21-20(24)26)13-7-9-14(27-3)10-8-13/h5-11,17H,4H2,1-3H3,(H,21,26). The molecule has 8 heteroatoms.